The molecule has 0 radical (unpaired) electrons. The summed E-state index contributed by atoms with van der Waals surface area (Å²) in [7, 11) is 0. The van der Waals surface area contributed by atoms with Crippen molar-refractivity contribution in [2.45, 2.75) is 33.6 Å². The average molecular weight is 618 g/mol. The fraction of sp³-hybridized carbons (Fsp3) is 0.333. The van der Waals surface area contributed by atoms with Crippen LogP contribution in [0.5, 0.6) is 0 Å². The second kappa shape index (κ2) is 16.7. The zero-order valence-corrected chi connectivity index (χ0v) is 21.3. The predicted molar refractivity (Wildman–Crippen MR) is 124 cm³/mol. The zero-order valence-electron chi connectivity index (χ0n) is 14.8. The first-order valence-electron chi connectivity index (χ1n) is 7.66. The number of hydrogen-bond donors (Lipinski definition) is 0. The maximum Gasteiger partial charge on any atom is 0.191 e. The highest BCUT2D eigenvalue weighted by atomic mass is 80.9. The summed E-state index contributed by atoms with van der Waals surface area (Å²) in [6, 6.07) is 7.40. The lowest BCUT2D eigenvalue weighted by Gasteiger charge is -1.97. The average Bonchev–Trinajstić information content (AvgIpc) is 2.69. The Hall–Kier alpha value is -0.440. The largest absolute Gasteiger partial charge is 0.293 e. The topological polar surface area (TPSA) is 59.9 Å². The SMILES string of the molecule is Br.BrBr.CCc1ccc(C(=O)CBr)nc1.CCc1ccc(C(C)=O)nc1. The molecular weight excluding hydrogens is 596 g/mol. The van der Waals surface area contributed by atoms with E-state index < -0.39 is 0 Å². The van der Waals surface area contributed by atoms with Crippen LogP contribution in [0.15, 0.2) is 36.7 Å². The van der Waals surface area contributed by atoms with Crippen molar-refractivity contribution in [2.24, 2.45) is 0 Å². The molecule has 0 amide bonds. The Morgan fingerprint density at radius 3 is 1.58 bits per heavy atom. The Morgan fingerprint density at radius 1 is 0.885 bits per heavy atom. The van der Waals surface area contributed by atoms with Crippen molar-refractivity contribution in [3.63, 3.8) is 0 Å². The van der Waals surface area contributed by atoms with E-state index in [4.69, 9.17) is 0 Å². The van der Waals surface area contributed by atoms with Gasteiger partial charge in [0, 0.05) is 47.6 Å². The number of carbonyl (C=O) groups excluding carboxylic acids is 2. The van der Waals surface area contributed by atoms with Gasteiger partial charge in [-0.05, 0) is 36.1 Å². The first-order valence-corrected chi connectivity index (χ1v) is 12.5. The van der Waals surface area contributed by atoms with E-state index >= 15 is 0 Å². The van der Waals surface area contributed by atoms with Crippen LogP contribution in [-0.2, 0) is 12.8 Å². The van der Waals surface area contributed by atoms with Gasteiger partial charge >= 0.3 is 0 Å². The van der Waals surface area contributed by atoms with Crippen LogP contribution in [0.1, 0.15) is 52.9 Å². The molecule has 0 fully saturated rings. The number of alkyl halides is 1. The molecular formula is C18H22Br4N2O2. The standard InChI is InChI=1S/C9H10BrNO.C9H11NO.Br2.BrH/c1-2-7-3-4-8(11-6-7)9(12)5-10;1-3-8-4-5-9(7(2)11)10-6-8;1-2;/h3-4,6H,2,5H2,1H3;4-6H,3H2,1-2H3;;1H. The number of rotatable bonds is 5. The number of halogens is 4. The lowest BCUT2D eigenvalue weighted by Crippen LogP contribution is -2.02. The molecule has 2 rings (SSSR count). The molecule has 0 atom stereocenters. The molecule has 0 saturated carbocycles. The van der Waals surface area contributed by atoms with Crippen LogP contribution in [0.4, 0.5) is 0 Å². The van der Waals surface area contributed by atoms with Gasteiger partial charge in [-0.25, -0.2) is 0 Å². The van der Waals surface area contributed by atoms with Crippen molar-refractivity contribution >= 4 is 72.7 Å². The second-order valence-corrected chi connectivity index (χ2v) is 5.48. The van der Waals surface area contributed by atoms with Crippen LogP contribution in [-0.4, -0.2) is 26.9 Å². The lowest BCUT2D eigenvalue weighted by atomic mass is 10.2. The van der Waals surface area contributed by atoms with Gasteiger partial charge in [0.15, 0.2) is 11.6 Å². The molecule has 8 heteroatoms. The fourth-order valence-corrected chi connectivity index (χ4v) is 2.00. The number of aromatic nitrogens is 2. The summed E-state index contributed by atoms with van der Waals surface area (Å²) in [4.78, 5) is 29.9. The first kappa shape index (κ1) is 27.8. The minimum atomic E-state index is 0. The zero-order chi connectivity index (χ0) is 19.2. The molecule has 2 aromatic heterocycles. The van der Waals surface area contributed by atoms with Gasteiger partial charge in [0.25, 0.3) is 0 Å². The lowest BCUT2D eigenvalue weighted by molar-refractivity contribution is 0.100. The number of Topliss-reactive ketones (excluding diaryl/α,β-unsaturated/α-hetero) is 2. The highest BCUT2D eigenvalue weighted by Gasteiger charge is 2.03. The maximum absolute atomic E-state index is 11.1. The number of nitrogens with zero attached hydrogens (tertiary/aromatic N) is 2. The van der Waals surface area contributed by atoms with E-state index in [2.05, 4.69) is 68.0 Å². The van der Waals surface area contributed by atoms with Gasteiger partial charge in [-0.15, -0.1) is 17.0 Å². The quantitative estimate of drug-likeness (QED) is 0.290. The van der Waals surface area contributed by atoms with E-state index in [-0.39, 0.29) is 28.5 Å². The molecule has 0 aliphatic heterocycles. The van der Waals surface area contributed by atoms with Crippen molar-refractivity contribution in [2.75, 3.05) is 5.33 Å². The molecule has 0 N–H and O–H groups in total. The Bertz CT molecular complexity index is 647. The van der Waals surface area contributed by atoms with Crippen LogP contribution in [0.25, 0.3) is 0 Å². The van der Waals surface area contributed by atoms with E-state index in [0.29, 0.717) is 16.7 Å². The summed E-state index contributed by atoms with van der Waals surface area (Å²) in [5.41, 5.74) is 3.39. The van der Waals surface area contributed by atoms with E-state index in [1.807, 2.05) is 12.1 Å². The van der Waals surface area contributed by atoms with Crippen molar-refractivity contribution in [3.8, 4) is 0 Å². The van der Waals surface area contributed by atoms with Gasteiger partial charge in [-0.2, -0.15) is 0 Å². The monoisotopic (exact) mass is 614 g/mol. The molecule has 0 aliphatic carbocycles. The fourth-order valence-electron chi connectivity index (χ4n) is 1.71. The van der Waals surface area contributed by atoms with E-state index in [0.717, 1.165) is 24.0 Å². The summed E-state index contributed by atoms with van der Waals surface area (Å²) in [5, 5.41) is 0.339. The van der Waals surface area contributed by atoms with Crippen LogP contribution in [0, 0.1) is 0 Å². The summed E-state index contributed by atoms with van der Waals surface area (Å²) in [6.45, 7) is 5.64. The van der Waals surface area contributed by atoms with Crippen molar-refractivity contribution in [1.29, 1.82) is 0 Å². The molecule has 0 saturated heterocycles. The highest BCUT2D eigenvalue weighted by molar-refractivity contribution is 9.93. The number of pyridine rings is 2. The van der Waals surface area contributed by atoms with E-state index in [9.17, 15) is 9.59 Å². The first-order chi connectivity index (χ1) is 12.0. The van der Waals surface area contributed by atoms with Crippen molar-refractivity contribution < 1.29 is 9.59 Å². The molecule has 2 heterocycles. The molecule has 0 aromatic carbocycles. The van der Waals surface area contributed by atoms with Crippen LogP contribution >= 0.6 is 61.2 Å². The molecule has 4 nitrogen and oxygen atoms in total. The highest BCUT2D eigenvalue weighted by Crippen LogP contribution is 2.03. The van der Waals surface area contributed by atoms with Gasteiger partial charge in [0.1, 0.15) is 11.4 Å². The van der Waals surface area contributed by atoms with Gasteiger partial charge in [-0.3, -0.25) is 19.6 Å². The van der Waals surface area contributed by atoms with Crippen LogP contribution in [0.3, 0.4) is 0 Å². The van der Waals surface area contributed by atoms with Crippen molar-refractivity contribution in [3.05, 3.63) is 59.2 Å². The Kier molecular flexibility index (Phi) is 17.9. The second-order valence-electron chi connectivity index (χ2n) is 4.92. The third kappa shape index (κ3) is 10.6. The smallest absolute Gasteiger partial charge is 0.191 e. The van der Waals surface area contributed by atoms with E-state index in [1.54, 1.807) is 24.5 Å². The normalized spacial score (nSPS) is 8.85. The van der Waals surface area contributed by atoms with Gasteiger partial charge in [-0.1, -0.05) is 41.9 Å². The minimum Gasteiger partial charge on any atom is -0.293 e. The molecule has 2 aromatic rings. The molecule has 144 valence electrons. The minimum absolute atomic E-state index is 0. The van der Waals surface area contributed by atoms with Crippen LogP contribution in [0.2, 0.25) is 0 Å². The summed E-state index contributed by atoms with van der Waals surface area (Å²) in [5.74, 6) is 0.0466. The van der Waals surface area contributed by atoms with Gasteiger partial charge in [0.05, 0.1) is 5.33 Å². The van der Waals surface area contributed by atoms with Crippen molar-refractivity contribution in [1.82, 2.24) is 9.97 Å². The molecule has 0 spiro atoms. The predicted octanol–water partition coefficient (Wildman–Crippen LogP) is 6.34. The number of ketones is 2. The molecule has 0 bridgehead atoms. The Labute approximate surface area is 189 Å². The Balaban J connectivity index is 0. The summed E-state index contributed by atoms with van der Waals surface area (Å²) >= 11 is 8.60. The maximum atomic E-state index is 11.1. The number of hydrogen-bond acceptors (Lipinski definition) is 4. The van der Waals surface area contributed by atoms with Crippen LogP contribution < -0.4 is 0 Å². The third-order valence-corrected chi connectivity index (χ3v) is 3.74. The van der Waals surface area contributed by atoms with E-state index in [1.165, 1.54) is 6.92 Å². The summed E-state index contributed by atoms with van der Waals surface area (Å²) in [6.07, 6.45) is 5.41. The summed E-state index contributed by atoms with van der Waals surface area (Å²) < 4.78 is 0. The Morgan fingerprint density at radius 2 is 1.31 bits per heavy atom. The number of aryl methyl sites for hydroxylation is 2. The van der Waals surface area contributed by atoms with Gasteiger partial charge < -0.3 is 0 Å². The molecule has 0 aliphatic rings. The number of carbonyl (C=O) groups is 2. The van der Waals surface area contributed by atoms with Gasteiger partial charge in [0.2, 0.25) is 0 Å². The third-order valence-electron chi connectivity index (χ3n) is 3.23. The molecule has 0 unspecified atom stereocenters. The molecule has 26 heavy (non-hydrogen) atoms.